The summed E-state index contributed by atoms with van der Waals surface area (Å²) in [6.45, 7) is 2.94. The van der Waals surface area contributed by atoms with Crippen LogP contribution >= 0.6 is 0 Å². The largest absolute Gasteiger partial charge is 0.461 e. The molecule has 0 aliphatic carbocycles. The highest BCUT2D eigenvalue weighted by Crippen LogP contribution is 2.29. The fourth-order valence-electron chi connectivity index (χ4n) is 4.09. The molecule has 3 aromatic rings. The first-order valence-corrected chi connectivity index (χ1v) is 9.94. The minimum atomic E-state index is -0.349. The molecule has 2 heterocycles. The molecule has 1 aromatic heterocycles. The van der Waals surface area contributed by atoms with E-state index in [0.29, 0.717) is 18.0 Å². The van der Waals surface area contributed by atoms with Gasteiger partial charge < -0.3 is 19.9 Å². The second-order valence-electron chi connectivity index (χ2n) is 7.31. The summed E-state index contributed by atoms with van der Waals surface area (Å²) in [4.78, 5) is 25.1. The molecule has 1 amide bonds. The molecule has 0 unspecified atom stereocenters. The van der Waals surface area contributed by atoms with Gasteiger partial charge in [-0.05, 0) is 49.7 Å². The molecule has 2 N–H and O–H groups in total. The Labute approximate surface area is 169 Å². The van der Waals surface area contributed by atoms with E-state index in [1.165, 1.54) is 5.56 Å². The van der Waals surface area contributed by atoms with Gasteiger partial charge in [-0.25, -0.2) is 4.79 Å². The standard InChI is InChI=1S/C23H25N3O3/c1-3-29-23(28)20-14-16-13-17(9-10-19(16)26(20)2)25-22(27)21-18(11-12-24-21)15-7-5-4-6-8-15/h4-10,13-14,18,21,24H,3,11-12H2,1-2H3,(H,25,27)/t18-,21+/m1/s1. The summed E-state index contributed by atoms with van der Waals surface area (Å²) in [7, 11) is 1.83. The zero-order valence-corrected chi connectivity index (χ0v) is 16.6. The normalized spacial score (nSPS) is 18.7. The molecule has 1 aliphatic heterocycles. The number of benzene rings is 2. The van der Waals surface area contributed by atoms with Gasteiger partial charge in [0.05, 0.1) is 12.6 Å². The van der Waals surface area contributed by atoms with Gasteiger partial charge in [-0.15, -0.1) is 0 Å². The number of carbonyl (C=O) groups is 2. The first kappa shape index (κ1) is 19.2. The first-order chi connectivity index (χ1) is 14.1. The third-order valence-corrected chi connectivity index (χ3v) is 5.53. The summed E-state index contributed by atoms with van der Waals surface area (Å²) in [6, 6.07) is 17.3. The highest BCUT2D eigenvalue weighted by Gasteiger charge is 2.33. The summed E-state index contributed by atoms with van der Waals surface area (Å²) < 4.78 is 6.93. The maximum atomic E-state index is 12.9. The van der Waals surface area contributed by atoms with Crippen molar-refractivity contribution in [2.24, 2.45) is 7.05 Å². The number of hydrogen-bond donors (Lipinski definition) is 2. The molecule has 29 heavy (non-hydrogen) atoms. The fourth-order valence-corrected chi connectivity index (χ4v) is 4.09. The van der Waals surface area contributed by atoms with E-state index in [9.17, 15) is 9.59 Å². The van der Waals surface area contributed by atoms with E-state index in [4.69, 9.17) is 4.74 Å². The molecule has 1 saturated heterocycles. The fraction of sp³-hybridized carbons (Fsp3) is 0.304. The number of anilines is 1. The van der Waals surface area contributed by atoms with Gasteiger partial charge in [-0.1, -0.05) is 30.3 Å². The molecule has 6 heteroatoms. The molecular formula is C23H25N3O3. The minimum Gasteiger partial charge on any atom is -0.461 e. The number of carbonyl (C=O) groups excluding carboxylic acids is 2. The average Bonchev–Trinajstić information content (AvgIpc) is 3.34. The van der Waals surface area contributed by atoms with Crippen LogP contribution in [0.25, 0.3) is 10.9 Å². The lowest BCUT2D eigenvalue weighted by Crippen LogP contribution is -2.39. The lowest BCUT2D eigenvalue weighted by molar-refractivity contribution is -0.118. The molecule has 1 fully saturated rings. The van der Waals surface area contributed by atoms with Crippen molar-refractivity contribution in [1.82, 2.24) is 9.88 Å². The van der Waals surface area contributed by atoms with E-state index in [1.54, 1.807) is 13.0 Å². The maximum absolute atomic E-state index is 12.9. The summed E-state index contributed by atoms with van der Waals surface area (Å²) in [6.07, 6.45) is 0.933. The predicted molar refractivity (Wildman–Crippen MR) is 113 cm³/mol. The van der Waals surface area contributed by atoms with E-state index in [2.05, 4.69) is 22.8 Å². The number of hydrogen-bond acceptors (Lipinski definition) is 4. The Morgan fingerprint density at radius 3 is 2.72 bits per heavy atom. The van der Waals surface area contributed by atoms with Crippen LogP contribution in [0.4, 0.5) is 5.69 Å². The number of esters is 1. The Kier molecular flexibility index (Phi) is 5.36. The monoisotopic (exact) mass is 391 g/mol. The van der Waals surface area contributed by atoms with E-state index >= 15 is 0 Å². The van der Waals surface area contributed by atoms with Crippen LogP contribution in [-0.2, 0) is 16.6 Å². The molecule has 0 bridgehead atoms. The van der Waals surface area contributed by atoms with Crippen molar-refractivity contribution < 1.29 is 14.3 Å². The summed E-state index contributed by atoms with van der Waals surface area (Å²) >= 11 is 0. The molecule has 0 saturated carbocycles. The highest BCUT2D eigenvalue weighted by molar-refractivity contribution is 6.00. The molecule has 150 valence electrons. The summed E-state index contributed by atoms with van der Waals surface area (Å²) in [5, 5.41) is 7.24. The zero-order chi connectivity index (χ0) is 20.4. The van der Waals surface area contributed by atoms with Crippen LogP contribution in [-0.4, -0.2) is 35.6 Å². The van der Waals surface area contributed by atoms with Crippen LogP contribution in [0.2, 0.25) is 0 Å². The lowest BCUT2D eigenvalue weighted by Gasteiger charge is -2.19. The average molecular weight is 391 g/mol. The van der Waals surface area contributed by atoms with Crippen molar-refractivity contribution >= 4 is 28.5 Å². The quantitative estimate of drug-likeness (QED) is 0.654. The van der Waals surface area contributed by atoms with E-state index < -0.39 is 0 Å². The number of nitrogens with one attached hydrogen (secondary N) is 2. The smallest absolute Gasteiger partial charge is 0.354 e. The Morgan fingerprint density at radius 1 is 1.17 bits per heavy atom. The van der Waals surface area contributed by atoms with E-state index in [-0.39, 0.29) is 23.8 Å². The summed E-state index contributed by atoms with van der Waals surface area (Å²) in [5.41, 5.74) is 3.29. The van der Waals surface area contributed by atoms with Gasteiger partial charge in [0, 0.05) is 29.6 Å². The number of rotatable bonds is 5. The van der Waals surface area contributed by atoms with Crippen LogP contribution < -0.4 is 10.6 Å². The Morgan fingerprint density at radius 2 is 1.97 bits per heavy atom. The van der Waals surface area contributed by atoms with Crippen LogP contribution in [0.1, 0.15) is 35.3 Å². The SMILES string of the molecule is CCOC(=O)c1cc2cc(NC(=O)[C@H]3NCC[C@@H]3c3ccccc3)ccc2n1C. The zero-order valence-electron chi connectivity index (χ0n) is 16.6. The van der Waals surface area contributed by atoms with Crippen LogP contribution in [0.3, 0.4) is 0 Å². The number of fused-ring (bicyclic) bond motifs is 1. The van der Waals surface area contributed by atoms with E-state index in [1.807, 2.05) is 48.0 Å². The Bertz CT molecular complexity index is 1040. The van der Waals surface area contributed by atoms with Crippen LogP contribution in [0.15, 0.2) is 54.6 Å². The van der Waals surface area contributed by atoms with Gasteiger partial charge in [-0.2, -0.15) is 0 Å². The Balaban J connectivity index is 1.54. The van der Waals surface area contributed by atoms with Crippen molar-refractivity contribution in [3.8, 4) is 0 Å². The molecule has 0 spiro atoms. The maximum Gasteiger partial charge on any atom is 0.354 e. The second kappa shape index (κ2) is 8.09. The van der Waals surface area contributed by atoms with Crippen molar-refractivity contribution in [3.63, 3.8) is 0 Å². The van der Waals surface area contributed by atoms with Crippen molar-refractivity contribution in [1.29, 1.82) is 0 Å². The first-order valence-electron chi connectivity index (χ1n) is 9.94. The topological polar surface area (TPSA) is 72.4 Å². The number of aryl methyl sites for hydroxylation is 1. The number of ether oxygens (including phenoxy) is 1. The van der Waals surface area contributed by atoms with E-state index in [0.717, 1.165) is 23.9 Å². The van der Waals surface area contributed by atoms with Crippen molar-refractivity contribution in [2.45, 2.75) is 25.3 Å². The van der Waals surface area contributed by atoms with Gasteiger partial charge >= 0.3 is 5.97 Å². The van der Waals surface area contributed by atoms with Crippen LogP contribution in [0.5, 0.6) is 0 Å². The van der Waals surface area contributed by atoms with Gasteiger partial charge in [0.25, 0.3) is 0 Å². The van der Waals surface area contributed by atoms with Crippen molar-refractivity contribution in [2.75, 3.05) is 18.5 Å². The third-order valence-electron chi connectivity index (χ3n) is 5.53. The minimum absolute atomic E-state index is 0.0442. The van der Waals surface area contributed by atoms with Gasteiger partial charge in [-0.3, -0.25) is 4.79 Å². The Hall–Kier alpha value is -3.12. The number of aromatic nitrogens is 1. The predicted octanol–water partition coefficient (Wildman–Crippen LogP) is 3.44. The number of amides is 1. The molecule has 2 aromatic carbocycles. The van der Waals surface area contributed by atoms with Crippen molar-refractivity contribution in [3.05, 3.63) is 65.9 Å². The van der Waals surface area contributed by atoms with Gasteiger partial charge in [0.1, 0.15) is 5.69 Å². The molecule has 1 aliphatic rings. The second-order valence-corrected chi connectivity index (χ2v) is 7.31. The van der Waals surface area contributed by atoms with Gasteiger partial charge in [0.15, 0.2) is 0 Å². The molecule has 6 nitrogen and oxygen atoms in total. The van der Waals surface area contributed by atoms with Crippen LogP contribution in [0, 0.1) is 0 Å². The molecule has 0 radical (unpaired) electrons. The summed E-state index contributed by atoms with van der Waals surface area (Å²) in [5.74, 6) is -0.234. The molecule has 2 atom stereocenters. The molecular weight excluding hydrogens is 366 g/mol. The van der Waals surface area contributed by atoms with Gasteiger partial charge in [0.2, 0.25) is 5.91 Å². The number of nitrogens with zero attached hydrogens (tertiary/aromatic N) is 1. The highest BCUT2D eigenvalue weighted by atomic mass is 16.5. The third kappa shape index (κ3) is 3.76. The molecule has 4 rings (SSSR count). The lowest BCUT2D eigenvalue weighted by atomic mass is 9.91.